The van der Waals surface area contributed by atoms with Crippen LogP contribution in [0.4, 0.5) is 11.4 Å². The summed E-state index contributed by atoms with van der Waals surface area (Å²) in [5.41, 5.74) is 3.24. The first kappa shape index (κ1) is 17.6. The van der Waals surface area contributed by atoms with Crippen molar-refractivity contribution in [2.24, 2.45) is 0 Å². The molecule has 26 heavy (non-hydrogen) atoms. The van der Waals surface area contributed by atoms with Gasteiger partial charge in [0.15, 0.2) is 6.61 Å². The van der Waals surface area contributed by atoms with Crippen molar-refractivity contribution < 1.29 is 19.2 Å². The molecule has 3 rings (SSSR count). The van der Waals surface area contributed by atoms with Crippen LogP contribution in [0.15, 0.2) is 36.4 Å². The molecule has 134 valence electrons. The summed E-state index contributed by atoms with van der Waals surface area (Å²) >= 11 is 0. The van der Waals surface area contributed by atoms with Gasteiger partial charge in [-0.25, -0.2) is 4.79 Å². The van der Waals surface area contributed by atoms with Gasteiger partial charge in [0, 0.05) is 6.07 Å². The van der Waals surface area contributed by atoms with Crippen LogP contribution in [0.1, 0.15) is 33.5 Å². The van der Waals surface area contributed by atoms with Gasteiger partial charge in [-0.2, -0.15) is 0 Å². The Morgan fingerprint density at radius 2 is 1.96 bits per heavy atom. The lowest BCUT2D eigenvalue weighted by Gasteiger charge is -2.10. The predicted octanol–water partition coefficient (Wildman–Crippen LogP) is 3.19. The second-order valence-corrected chi connectivity index (χ2v) is 6.19. The van der Waals surface area contributed by atoms with Crippen molar-refractivity contribution in [3.8, 4) is 0 Å². The normalized spacial score (nSPS) is 12.3. The minimum absolute atomic E-state index is 0.107. The van der Waals surface area contributed by atoms with Crippen molar-refractivity contribution in [3.63, 3.8) is 0 Å². The van der Waals surface area contributed by atoms with Gasteiger partial charge in [-0.05, 0) is 55.0 Å². The second-order valence-electron chi connectivity index (χ2n) is 6.19. The van der Waals surface area contributed by atoms with Crippen LogP contribution < -0.4 is 5.32 Å². The SMILES string of the molecule is Cc1cccc([N+](=O)[O-])c1NC(=O)COC(=O)c1ccc2c(c1)CCC2. The molecule has 0 saturated carbocycles. The molecule has 0 atom stereocenters. The molecule has 0 heterocycles. The molecular weight excluding hydrogens is 336 g/mol. The summed E-state index contributed by atoms with van der Waals surface area (Å²) in [6.07, 6.45) is 3.03. The van der Waals surface area contributed by atoms with E-state index in [9.17, 15) is 19.7 Å². The fourth-order valence-corrected chi connectivity index (χ4v) is 3.06. The average molecular weight is 354 g/mol. The maximum atomic E-state index is 12.1. The molecule has 0 aromatic heterocycles. The van der Waals surface area contributed by atoms with Crippen molar-refractivity contribution in [1.29, 1.82) is 0 Å². The smallest absolute Gasteiger partial charge is 0.338 e. The highest BCUT2D eigenvalue weighted by atomic mass is 16.6. The number of nitrogens with one attached hydrogen (secondary N) is 1. The maximum Gasteiger partial charge on any atom is 0.338 e. The molecule has 1 aliphatic rings. The van der Waals surface area contributed by atoms with Crippen molar-refractivity contribution in [2.75, 3.05) is 11.9 Å². The molecule has 7 heteroatoms. The molecule has 0 spiro atoms. The molecule has 1 amide bonds. The van der Waals surface area contributed by atoms with Gasteiger partial charge in [0.1, 0.15) is 5.69 Å². The summed E-state index contributed by atoms with van der Waals surface area (Å²) in [5, 5.41) is 13.5. The van der Waals surface area contributed by atoms with E-state index in [1.807, 2.05) is 6.07 Å². The zero-order valence-corrected chi connectivity index (χ0v) is 14.3. The first-order valence-corrected chi connectivity index (χ1v) is 8.28. The molecule has 0 radical (unpaired) electrons. The van der Waals surface area contributed by atoms with Gasteiger partial charge in [0.2, 0.25) is 0 Å². The summed E-state index contributed by atoms with van der Waals surface area (Å²) in [4.78, 5) is 34.7. The molecule has 7 nitrogen and oxygen atoms in total. The number of amides is 1. The molecule has 1 aliphatic carbocycles. The van der Waals surface area contributed by atoms with Crippen molar-refractivity contribution >= 4 is 23.3 Å². The van der Waals surface area contributed by atoms with Crippen LogP contribution in [0.3, 0.4) is 0 Å². The Morgan fingerprint density at radius 1 is 1.19 bits per heavy atom. The Kier molecular flexibility index (Phi) is 4.97. The van der Waals surface area contributed by atoms with E-state index in [4.69, 9.17) is 4.74 Å². The van der Waals surface area contributed by atoms with E-state index < -0.39 is 23.4 Å². The Morgan fingerprint density at radius 3 is 2.73 bits per heavy atom. The largest absolute Gasteiger partial charge is 0.452 e. The average Bonchev–Trinajstić information content (AvgIpc) is 3.08. The molecule has 2 aromatic rings. The van der Waals surface area contributed by atoms with E-state index >= 15 is 0 Å². The number of aryl methyl sites for hydroxylation is 3. The van der Waals surface area contributed by atoms with Crippen molar-refractivity contribution in [1.82, 2.24) is 0 Å². The van der Waals surface area contributed by atoms with Crippen LogP contribution in [0, 0.1) is 17.0 Å². The number of nitro groups is 1. The quantitative estimate of drug-likeness (QED) is 0.505. The minimum atomic E-state index is -0.628. The lowest BCUT2D eigenvalue weighted by molar-refractivity contribution is -0.384. The number of esters is 1. The van der Waals surface area contributed by atoms with Crippen LogP contribution in [-0.4, -0.2) is 23.4 Å². The Labute approximate surface area is 150 Å². The first-order chi connectivity index (χ1) is 12.5. The third-order valence-electron chi connectivity index (χ3n) is 4.38. The molecule has 1 N–H and O–H groups in total. The number of hydrogen-bond acceptors (Lipinski definition) is 5. The number of fused-ring (bicyclic) bond motifs is 1. The summed E-state index contributed by atoms with van der Waals surface area (Å²) in [6, 6.07) is 9.90. The van der Waals surface area contributed by atoms with E-state index in [1.165, 1.54) is 17.7 Å². The Balaban J connectivity index is 1.63. The van der Waals surface area contributed by atoms with E-state index in [0.717, 1.165) is 24.8 Å². The maximum absolute atomic E-state index is 12.1. The highest BCUT2D eigenvalue weighted by molar-refractivity contribution is 5.97. The minimum Gasteiger partial charge on any atom is -0.452 e. The number of nitrogens with zero attached hydrogens (tertiary/aromatic N) is 1. The zero-order valence-electron chi connectivity index (χ0n) is 14.3. The third-order valence-corrected chi connectivity index (χ3v) is 4.38. The Hall–Kier alpha value is -3.22. The van der Waals surface area contributed by atoms with Gasteiger partial charge in [-0.15, -0.1) is 0 Å². The van der Waals surface area contributed by atoms with Crippen molar-refractivity contribution in [3.05, 3.63) is 68.8 Å². The second kappa shape index (κ2) is 7.35. The lowest BCUT2D eigenvalue weighted by Crippen LogP contribution is -2.22. The van der Waals surface area contributed by atoms with Crippen LogP contribution in [-0.2, 0) is 22.4 Å². The zero-order chi connectivity index (χ0) is 18.7. The number of rotatable bonds is 5. The molecule has 0 fully saturated rings. The monoisotopic (exact) mass is 354 g/mol. The van der Waals surface area contributed by atoms with Gasteiger partial charge in [0.25, 0.3) is 11.6 Å². The van der Waals surface area contributed by atoms with Crippen molar-refractivity contribution in [2.45, 2.75) is 26.2 Å². The number of anilines is 1. The highest BCUT2D eigenvalue weighted by Gasteiger charge is 2.19. The molecule has 2 aromatic carbocycles. The number of para-hydroxylation sites is 1. The highest BCUT2D eigenvalue weighted by Crippen LogP contribution is 2.27. The number of carbonyl (C=O) groups excluding carboxylic acids is 2. The lowest BCUT2D eigenvalue weighted by atomic mass is 10.1. The molecule has 0 saturated heterocycles. The Bertz CT molecular complexity index is 891. The number of hydrogen-bond donors (Lipinski definition) is 1. The fourth-order valence-electron chi connectivity index (χ4n) is 3.06. The van der Waals surface area contributed by atoms with Gasteiger partial charge in [-0.3, -0.25) is 14.9 Å². The molecule has 0 aliphatic heterocycles. The van der Waals surface area contributed by atoms with Crippen LogP contribution in [0.5, 0.6) is 0 Å². The summed E-state index contributed by atoms with van der Waals surface area (Å²) in [6.45, 7) is 1.14. The van der Waals surface area contributed by atoms with Crippen LogP contribution in [0.25, 0.3) is 0 Å². The van der Waals surface area contributed by atoms with E-state index in [1.54, 1.807) is 25.1 Å². The third kappa shape index (κ3) is 3.72. The molecule has 0 unspecified atom stereocenters. The molecule has 0 bridgehead atoms. The van der Waals surface area contributed by atoms with Gasteiger partial charge in [-0.1, -0.05) is 18.2 Å². The van der Waals surface area contributed by atoms with Gasteiger partial charge in [0.05, 0.1) is 10.5 Å². The van der Waals surface area contributed by atoms with E-state index in [2.05, 4.69) is 5.32 Å². The fraction of sp³-hybridized carbons (Fsp3) is 0.263. The van der Waals surface area contributed by atoms with Gasteiger partial charge < -0.3 is 10.1 Å². The number of ether oxygens (including phenoxy) is 1. The number of carbonyl (C=O) groups is 2. The van der Waals surface area contributed by atoms with Crippen LogP contribution >= 0.6 is 0 Å². The predicted molar refractivity (Wildman–Crippen MR) is 95.2 cm³/mol. The topological polar surface area (TPSA) is 98.5 Å². The summed E-state index contributed by atoms with van der Waals surface area (Å²) < 4.78 is 5.04. The standard InChI is InChI=1S/C19H18N2O5/c1-12-4-2-7-16(21(24)25)18(12)20-17(22)11-26-19(23)15-9-8-13-5-3-6-14(13)10-15/h2,4,7-10H,3,5-6,11H2,1H3,(H,20,22). The molecular formula is C19H18N2O5. The van der Waals surface area contributed by atoms with E-state index in [0.29, 0.717) is 11.1 Å². The number of nitro benzene ring substituents is 1. The first-order valence-electron chi connectivity index (χ1n) is 8.28. The summed E-state index contributed by atoms with van der Waals surface area (Å²) in [5.74, 6) is -1.22. The van der Waals surface area contributed by atoms with Gasteiger partial charge >= 0.3 is 5.97 Å². The van der Waals surface area contributed by atoms with E-state index in [-0.39, 0.29) is 11.4 Å². The summed E-state index contributed by atoms with van der Waals surface area (Å²) in [7, 11) is 0. The number of benzene rings is 2. The van der Waals surface area contributed by atoms with Crippen LogP contribution in [0.2, 0.25) is 0 Å².